The number of nitrogens with zero attached hydrogens (tertiary/aromatic N) is 2. The molecule has 0 aliphatic carbocycles. The molecular weight excluding hydrogens is 250 g/mol. The fourth-order valence-electron chi connectivity index (χ4n) is 2.11. The van der Waals surface area contributed by atoms with Crippen LogP contribution in [0.1, 0.15) is 5.56 Å². The van der Waals surface area contributed by atoms with Crippen molar-refractivity contribution in [2.45, 2.75) is 10.6 Å². The van der Waals surface area contributed by atoms with Crippen molar-refractivity contribution in [2.75, 3.05) is 12.4 Å². The van der Waals surface area contributed by atoms with Crippen LogP contribution < -0.4 is 5.32 Å². The molecule has 0 radical (unpaired) electrons. The van der Waals surface area contributed by atoms with Crippen molar-refractivity contribution in [3.05, 3.63) is 35.9 Å². The van der Waals surface area contributed by atoms with Crippen LogP contribution in [0.25, 0.3) is 11.3 Å². The summed E-state index contributed by atoms with van der Waals surface area (Å²) in [7, 11) is -1.55. The summed E-state index contributed by atoms with van der Waals surface area (Å²) in [6.45, 7) is 0. The highest BCUT2D eigenvalue weighted by Crippen LogP contribution is 2.36. The summed E-state index contributed by atoms with van der Waals surface area (Å²) in [5.74, 6) is 0.548. The molecule has 1 aromatic heterocycles. The molecule has 2 heterocycles. The van der Waals surface area contributed by atoms with Crippen molar-refractivity contribution in [1.29, 1.82) is 0 Å². The minimum absolute atomic E-state index is 0.0243. The van der Waals surface area contributed by atoms with Gasteiger partial charge >= 0.3 is 0 Å². The van der Waals surface area contributed by atoms with Crippen LogP contribution in [0.4, 0.5) is 5.82 Å². The molecule has 0 amide bonds. The van der Waals surface area contributed by atoms with Gasteiger partial charge in [0.2, 0.25) is 0 Å². The molecule has 0 fully saturated rings. The van der Waals surface area contributed by atoms with Crippen LogP contribution in [0, 0.1) is 0 Å². The standard InChI is InChI=1S/C12H11N3O2S/c1-13-11-6-8-7-18(16,17)10-5-3-2-4-9(10)12(8)15-14-11/h2-6H,7H2,1H3,(H,13,14). The van der Waals surface area contributed by atoms with E-state index in [1.165, 1.54) is 0 Å². The molecule has 1 aromatic carbocycles. The van der Waals surface area contributed by atoms with Crippen molar-refractivity contribution < 1.29 is 8.42 Å². The van der Waals surface area contributed by atoms with E-state index in [0.717, 1.165) is 0 Å². The Hall–Kier alpha value is -1.95. The summed E-state index contributed by atoms with van der Waals surface area (Å²) >= 11 is 0. The second-order valence-electron chi connectivity index (χ2n) is 4.11. The topological polar surface area (TPSA) is 72.0 Å². The number of nitrogens with one attached hydrogen (secondary N) is 1. The van der Waals surface area contributed by atoms with E-state index in [0.29, 0.717) is 27.5 Å². The van der Waals surface area contributed by atoms with Gasteiger partial charge in [-0.2, -0.15) is 0 Å². The molecule has 2 aromatic rings. The van der Waals surface area contributed by atoms with Gasteiger partial charge in [-0.05, 0) is 17.7 Å². The highest BCUT2D eigenvalue weighted by molar-refractivity contribution is 7.90. The van der Waals surface area contributed by atoms with Crippen LogP contribution in [0.2, 0.25) is 0 Å². The maximum atomic E-state index is 12.2. The molecule has 3 rings (SSSR count). The number of hydrogen-bond donors (Lipinski definition) is 1. The molecule has 0 unspecified atom stereocenters. The van der Waals surface area contributed by atoms with Crippen LogP contribution >= 0.6 is 0 Å². The summed E-state index contributed by atoms with van der Waals surface area (Å²) < 4.78 is 24.3. The fraction of sp³-hybridized carbons (Fsp3) is 0.167. The van der Waals surface area contributed by atoms with Gasteiger partial charge in [0.25, 0.3) is 0 Å². The summed E-state index contributed by atoms with van der Waals surface area (Å²) in [6.07, 6.45) is 0. The lowest BCUT2D eigenvalue weighted by atomic mass is 10.1. The van der Waals surface area contributed by atoms with E-state index in [2.05, 4.69) is 15.5 Å². The summed E-state index contributed by atoms with van der Waals surface area (Å²) in [5, 5.41) is 11.0. The maximum absolute atomic E-state index is 12.2. The summed E-state index contributed by atoms with van der Waals surface area (Å²) in [5.41, 5.74) is 1.97. The van der Waals surface area contributed by atoms with Crippen molar-refractivity contribution in [1.82, 2.24) is 10.2 Å². The molecule has 0 saturated heterocycles. The Balaban J connectivity index is 2.32. The molecular formula is C12H11N3O2S. The lowest BCUT2D eigenvalue weighted by Gasteiger charge is -2.18. The Morgan fingerprint density at radius 3 is 2.78 bits per heavy atom. The second kappa shape index (κ2) is 3.78. The highest BCUT2D eigenvalue weighted by atomic mass is 32.2. The molecule has 1 aliphatic heterocycles. The van der Waals surface area contributed by atoms with Gasteiger partial charge < -0.3 is 5.32 Å². The molecule has 1 aliphatic rings. The van der Waals surface area contributed by atoms with Gasteiger partial charge in [-0.25, -0.2) is 8.42 Å². The molecule has 92 valence electrons. The highest BCUT2D eigenvalue weighted by Gasteiger charge is 2.29. The number of aromatic nitrogens is 2. The maximum Gasteiger partial charge on any atom is 0.183 e. The van der Waals surface area contributed by atoms with Gasteiger partial charge in [0.1, 0.15) is 5.82 Å². The third-order valence-electron chi connectivity index (χ3n) is 2.95. The summed E-state index contributed by atoms with van der Waals surface area (Å²) in [6, 6.07) is 8.63. The monoisotopic (exact) mass is 261 g/mol. The van der Waals surface area contributed by atoms with E-state index in [1.807, 2.05) is 0 Å². The Bertz CT molecular complexity index is 726. The SMILES string of the molecule is CNc1cc2c(nn1)-c1ccccc1S(=O)(=O)C2. The minimum atomic E-state index is -3.28. The van der Waals surface area contributed by atoms with Crippen LogP contribution in [0.3, 0.4) is 0 Å². The first kappa shape index (κ1) is 11.2. The Morgan fingerprint density at radius 1 is 1.22 bits per heavy atom. The van der Waals surface area contributed by atoms with Gasteiger partial charge in [0, 0.05) is 12.6 Å². The second-order valence-corrected chi connectivity index (χ2v) is 6.07. The average Bonchev–Trinajstić information content (AvgIpc) is 2.38. The Morgan fingerprint density at radius 2 is 2.00 bits per heavy atom. The third-order valence-corrected chi connectivity index (χ3v) is 4.67. The Labute approximate surface area is 105 Å². The quantitative estimate of drug-likeness (QED) is 0.841. The van der Waals surface area contributed by atoms with Crippen molar-refractivity contribution >= 4 is 15.7 Å². The first-order chi connectivity index (χ1) is 8.62. The molecule has 0 spiro atoms. The molecule has 0 saturated carbocycles. The normalized spacial score (nSPS) is 15.6. The number of sulfone groups is 1. The fourth-order valence-corrected chi connectivity index (χ4v) is 3.68. The number of rotatable bonds is 1. The largest absolute Gasteiger partial charge is 0.372 e. The van der Waals surface area contributed by atoms with E-state index >= 15 is 0 Å². The van der Waals surface area contributed by atoms with Gasteiger partial charge in [-0.15, -0.1) is 10.2 Å². The predicted molar refractivity (Wildman–Crippen MR) is 67.9 cm³/mol. The smallest absolute Gasteiger partial charge is 0.183 e. The van der Waals surface area contributed by atoms with Gasteiger partial charge in [0.15, 0.2) is 9.84 Å². The van der Waals surface area contributed by atoms with Crippen LogP contribution in [0.5, 0.6) is 0 Å². The van der Waals surface area contributed by atoms with E-state index in [-0.39, 0.29) is 5.75 Å². The molecule has 5 nitrogen and oxygen atoms in total. The van der Waals surface area contributed by atoms with Crippen LogP contribution in [-0.2, 0) is 15.6 Å². The summed E-state index contributed by atoms with van der Waals surface area (Å²) in [4.78, 5) is 0.337. The molecule has 1 N–H and O–H groups in total. The van der Waals surface area contributed by atoms with Crippen molar-refractivity contribution in [3.8, 4) is 11.3 Å². The lowest BCUT2D eigenvalue weighted by molar-refractivity contribution is 0.594. The number of fused-ring (bicyclic) bond motifs is 3. The molecule has 6 heteroatoms. The first-order valence-electron chi connectivity index (χ1n) is 5.48. The Kier molecular flexibility index (Phi) is 2.34. The molecule has 0 bridgehead atoms. The molecule has 18 heavy (non-hydrogen) atoms. The van der Waals surface area contributed by atoms with Crippen LogP contribution in [0.15, 0.2) is 35.2 Å². The lowest BCUT2D eigenvalue weighted by Crippen LogP contribution is -2.15. The zero-order valence-corrected chi connectivity index (χ0v) is 10.5. The zero-order chi connectivity index (χ0) is 12.8. The van der Waals surface area contributed by atoms with E-state index < -0.39 is 9.84 Å². The number of benzene rings is 1. The third kappa shape index (κ3) is 1.57. The minimum Gasteiger partial charge on any atom is -0.372 e. The molecule has 0 atom stereocenters. The van der Waals surface area contributed by atoms with Crippen LogP contribution in [-0.4, -0.2) is 25.7 Å². The average molecular weight is 261 g/mol. The zero-order valence-electron chi connectivity index (χ0n) is 9.71. The van der Waals surface area contributed by atoms with E-state index in [1.54, 1.807) is 37.4 Å². The van der Waals surface area contributed by atoms with Gasteiger partial charge in [-0.3, -0.25) is 0 Å². The van der Waals surface area contributed by atoms with Crippen molar-refractivity contribution in [2.24, 2.45) is 0 Å². The van der Waals surface area contributed by atoms with Gasteiger partial charge in [-0.1, -0.05) is 18.2 Å². The van der Waals surface area contributed by atoms with Crippen molar-refractivity contribution in [3.63, 3.8) is 0 Å². The van der Waals surface area contributed by atoms with Gasteiger partial charge in [0.05, 0.1) is 16.3 Å². The predicted octanol–water partition coefficient (Wildman–Crippen LogP) is 1.47. The van der Waals surface area contributed by atoms with E-state index in [4.69, 9.17) is 0 Å². The first-order valence-corrected chi connectivity index (χ1v) is 7.13. The number of hydrogen-bond acceptors (Lipinski definition) is 5. The number of anilines is 1. The van der Waals surface area contributed by atoms with E-state index in [9.17, 15) is 8.42 Å².